The quantitative estimate of drug-likeness (QED) is 0.718. The smallest absolute Gasteiger partial charge is 0.374 e. The maximum Gasteiger partial charge on any atom is 0.374 e. The van der Waals surface area contributed by atoms with Gasteiger partial charge in [-0.05, 0) is 40.3 Å². The van der Waals surface area contributed by atoms with Crippen molar-refractivity contribution in [3.8, 4) is 11.1 Å². The Morgan fingerprint density at radius 1 is 1.17 bits per heavy atom. The molecule has 0 saturated carbocycles. The summed E-state index contributed by atoms with van der Waals surface area (Å²) in [4.78, 5) is 21.5. The van der Waals surface area contributed by atoms with E-state index in [1.165, 1.54) is 0 Å². The summed E-state index contributed by atoms with van der Waals surface area (Å²) in [5, 5.41) is 11.2. The molecular weight excluding hydrogens is 304 g/mol. The summed E-state index contributed by atoms with van der Waals surface area (Å²) < 4.78 is 26.8. The molecule has 0 radical (unpaired) electrons. The van der Waals surface area contributed by atoms with E-state index in [2.05, 4.69) is 5.18 Å². The second-order valence-corrected chi connectivity index (χ2v) is 5.59. The van der Waals surface area contributed by atoms with Crippen LogP contribution in [0.25, 0.3) is 11.1 Å². The fourth-order valence-electron chi connectivity index (χ4n) is 2.89. The first kappa shape index (κ1) is 15.3. The molecule has 1 N–H and O–H groups in total. The molecule has 4 nitrogen and oxygen atoms in total. The summed E-state index contributed by atoms with van der Waals surface area (Å²) in [5.41, 5.74) is 4.36. The highest BCUT2D eigenvalue weighted by molar-refractivity contribution is 5.77. The third-order valence-electron chi connectivity index (χ3n) is 4.10. The van der Waals surface area contributed by atoms with Crippen LogP contribution in [-0.2, 0) is 11.2 Å². The molecule has 2 aromatic rings. The standard InChI is InChI=1S/C17H13F2NO3/c18-17(19,16(21)22)9-15(20-23)12-6-5-11-7-10-3-1-2-4-13(10)14(11)8-12/h1-6,8,15H,7,9H2,(H,21,22). The zero-order valence-corrected chi connectivity index (χ0v) is 12.0. The predicted octanol–water partition coefficient (Wildman–Crippen LogP) is 4.18. The number of hydrogen-bond acceptors (Lipinski definition) is 3. The minimum absolute atomic E-state index is 0.302. The van der Waals surface area contributed by atoms with Gasteiger partial charge in [0.15, 0.2) is 0 Å². The second kappa shape index (κ2) is 5.53. The molecular formula is C17H13F2NO3. The first-order valence-corrected chi connectivity index (χ1v) is 7.07. The van der Waals surface area contributed by atoms with Crippen LogP contribution in [0.3, 0.4) is 0 Å². The van der Waals surface area contributed by atoms with Gasteiger partial charge in [-0.25, -0.2) is 4.79 Å². The Kier molecular flexibility index (Phi) is 3.67. The minimum Gasteiger partial charge on any atom is -0.477 e. The molecule has 0 aliphatic heterocycles. The molecule has 3 rings (SSSR count). The third-order valence-corrected chi connectivity index (χ3v) is 4.10. The van der Waals surface area contributed by atoms with Crippen molar-refractivity contribution in [1.82, 2.24) is 0 Å². The molecule has 0 bridgehead atoms. The van der Waals surface area contributed by atoms with E-state index in [1.54, 1.807) is 18.2 Å². The number of nitrogens with zero attached hydrogens (tertiary/aromatic N) is 1. The SMILES string of the molecule is O=NC(CC(F)(F)C(=O)O)c1ccc2c(c1)-c1ccccc1C2. The van der Waals surface area contributed by atoms with Crippen molar-refractivity contribution < 1.29 is 18.7 Å². The maximum atomic E-state index is 13.4. The number of nitroso groups, excluding NO2 is 1. The molecule has 6 heteroatoms. The largest absolute Gasteiger partial charge is 0.477 e. The number of alkyl halides is 2. The van der Waals surface area contributed by atoms with E-state index < -0.39 is 24.4 Å². The number of benzene rings is 2. The number of aliphatic carboxylic acids is 1. The van der Waals surface area contributed by atoms with Crippen molar-refractivity contribution >= 4 is 5.97 Å². The third kappa shape index (κ3) is 2.72. The van der Waals surface area contributed by atoms with Crippen LogP contribution in [0.1, 0.15) is 29.2 Å². The van der Waals surface area contributed by atoms with E-state index in [9.17, 15) is 18.5 Å². The predicted molar refractivity (Wildman–Crippen MR) is 80.4 cm³/mol. The van der Waals surface area contributed by atoms with Crippen LogP contribution in [0.4, 0.5) is 8.78 Å². The lowest BCUT2D eigenvalue weighted by molar-refractivity contribution is -0.166. The number of carboxylic acids is 1. The van der Waals surface area contributed by atoms with Crippen LogP contribution in [-0.4, -0.2) is 17.0 Å². The Labute approximate surface area is 130 Å². The van der Waals surface area contributed by atoms with E-state index >= 15 is 0 Å². The van der Waals surface area contributed by atoms with Crippen LogP contribution in [0.2, 0.25) is 0 Å². The van der Waals surface area contributed by atoms with Crippen molar-refractivity contribution in [1.29, 1.82) is 0 Å². The van der Waals surface area contributed by atoms with E-state index in [4.69, 9.17) is 5.11 Å². The first-order valence-electron chi connectivity index (χ1n) is 7.07. The molecule has 0 aromatic heterocycles. The van der Waals surface area contributed by atoms with Crippen LogP contribution < -0.4 is 0 Å². The number of hydrogen-bond donors (Lipinski definition) is 1. The number of carboxylic acid groups (broad SMARTS) is 1. The Hall–Kier alpha value is -2.63. The summed E-state index contributed by atoms with van der Waals surface area (Å²) in [6.45, 7) is 0. The molecule has 0 amide bonds. The Morgan fingerprint density at radius 2 is 1.87 bits per heavy atom. The van der Waals surface area contributed by atoms with Gasteiger partial charge in [0.25, 0.3) is 0 Å². The van der Waals surface area contributed by atoms with Gasteiger partial charge in [-0.2, -0.15) is 13.7 Å². The number of rotatable bonds is 5. The molecule has 1 atom stereocenters. The number of fused-ring (bicyclic) bond motifs is 3. The van der Waals surface area contributed by atoms with Gasteiger partial charge in [0, 0.05) is 0 Å². The summed E-state index contributed by atoms with van der Waals surface area (Å²) in [6.07, 6.45) is -0.400. The second-order valence-electron chi connectivity index (χ2n) is 5.59. The van der Waals surface area contributed by atoms with E-state index in [-0.39, 0.29) is 0 Å². The van der Waals surface area contributed by atoms with Gasteiger partial charge in [-0.15, -0.1) is 0 Å². The van der Waals surface area contributed by atoms with Gasteiger partial charge in [-0.3, -0.25) is 0 Å². The average Bonchev–Trinajstić information content (AvgIpc) is 2.90. The van der Waals surface area contributed by atoms with Gasteiger partial charge >= 0.3 is 11.9 Å². The van der Waals surface area contributed by atoms with Crippen LogP contribution in [0.15, 0.2) is 47.6 Å². The Bertz CT molecular complexity index is 789. The molecule has 2 aromatic carbocycles. The zero-order valence-electron chi connectivity index (χ0n) is 12.0. The fourth-order valence-corrected chi connectivity index (χ4v) is 2.89. The number of halogens is 2. The fraction of sp³-hybridized carbons (Fsp3) is 0.235. The van der Waals surface area contributed by atoms with Crippen molar-refractivity contribution in [2.75, 3.05) is 0 Å². The summed E-state index contributed by atoms with van der Waals surface area (Å²) in [6, 6.07) is 11.3. The lowest BCUT2D eigenvalue weighted by atomic mass is 9.96. The lowest BCUT2D eigenvalue weighted by Crippen LogP contribution is -2.29. The van der Waals surface area contributed by atoms with Gasteiger partial charge in [-0.1, -0.05) is 41.6 Å². The highest BCUT2D eigenvalue weighted by atomic mass is 19.3. The van der Waals surface area contributed by atoms with Crippen molar-refractivity contribution in [2.45, 2.75) is 24.8 Å². The Morgan fingerprint density at radius 3 is 2.57 bits per heavy atom. The zero-order chi connectivity index (χ0) is 16.6. The van der Waals surface area contributed by atoms with Crippen molar-refractivity contribution in [3.05, 3.63) is 64.1 Å². The maximum absolute atomic E-state index is 13.4. The van der Waals surface area contributed by atoms with Gasteiger partial charge in [0.1, 0.15) is 6.04 Å². The van der Waals surface area contributed by atoms with Gasteiger partial charge in [0.2, 0.25) is 0 Å². The van der Waals surface area contributed by atoms with Crippen molar-refractivity contribution in [2.24, 2.45) is 5.18 Å². The normalized spacial score (nSPS) is 14.0. The van der Waals surface area contributed by atoms with E-state index in [0.29, 0.717) is 5.56 Å². The highest BCUT2D eigenvalue weighted by Gasteiger charge is 2.42. The van der Waals surface area contributed by atoms with E-state index in [1.807, 2.05) is 24.3 Å². The first-order chi connectivity index (χ1) is 10.9. The van der Waals surface area contributed by atoms with E-state index in [0.717, 1.165) is 28.7 Å². The molecule has 0 spiro atoms. The molecule has 118 valence electrons. The lowest BCUT2D eigenvalue weighted by Gasteiger charge is -2.16. The molecule has 0 saturated heterocycles. The topological polar surface area (TPSA) is 66.7 Å². The van der Waals surface area contributed by atoms with Crippen LogP contribution >= 0.6 is 0 Å². The van der Waals surface area contributed by atoms with Crippen molar-refractivity contribution in [3.63, 3.8) is 0 Å². The minimum atomic E-state index is -3.99. The molecule has 0 fully saturated rings. The monoisotopic (exact) mass is 317 g/mol. The average molecular weight is 317 g/mol. The summed E-state index contributed by atoms with van der Waals surface area (Å²) >= 11 is 0. The van der Waals surface area contributed by atoms with Crippen LogP contribution in [0.5, 0.6) is 0 Å². The molecule has 0 heterocycles. The van der Waals surface area contributed by atoms with Gasteiger partial charge < -0.3 is 5.11 Å². The Balaban J connectivity index is 1.96. The van der Waals surface area contributed by atoms with Gasteiger partial charge in [0.05, 0.1) is 6.42 Å². The molecule has 1 aliphatic rings. The number of carbonyl (C=O) groups is 1. The summed E-state index contributed by atoms with van der Waals surface area (Å²) in [5.74, 6) is -6.24. The van der Waals surface area contributed by atoms with Crippen LogP contribution in [0, 0.1) is 4.91 Å². The summed E-state index contributed by atoms with van der Waals surface area (Å²) in [7, 11) is 0. The molecule has 23 heavy (non-hydrogen) atoms. The highest BCUT2D eigenvalue weighted by Crippen LogP contribution is 2.39. The molecule has 1 unspecified atom stereocenters. The molecule has 1 aliphatic carbocycles.